The monoisotopic (exact) mass is 263 g/mol. The third-order valence-corrected chi connectivity index (χ3v) is 3.66. The normalized spacial score (nSPS) is 15.1. The molecule has 1 fully saturated rings. The standard InChI is InChI=1S/C11H13N5OS/c17-11-14-2-5-16(11)7-6-15-4-1-12-9(15)10-13-3-8-18-10/h1,3-4,8H,2,5-7H2,(H,14,17). The lowest BCUT2D eigenvalue weighted by atomic mass is 10.5. The van der Waals surface area contributed by atoms with E-state index in [2.05, 4.69) is 15.3 Å². The fourth-order valence-electron chi connectivity index (χ4n) is 1.97. The van der Waals surface area contributed by atoms with Gasteiger partial charge >= 0.3 is 6.03 Å². The summed E-state index contributed by atoms with van der Waals surface area (Å²) < 4.78 is 2.03. The molecule has 1 saturated heterocycles. The first-order valence-corrected chi connectivity index (χ1v) is 6.66. The molecule has 0 aliphatic carbocycles. The number of thiazole rings is 1. The summed E-state index contributed by atoms with van der Waals surface area (Å²) in [5.74, 6) is 0.865. The minimum Gasteiger partial charge on any atom is -0.336 e. The molecule has 1 aliphatic rings. The summed E-state index contributed by atoms with van der Waals surface area (Å²) in [6.45, 7) is 2.95. The quantitative estimate of drug-likeness (QED) is 0.896. The molecule has 1 aliphatic heterocycles. The van der Waals surface area contributed by atoms with Crippen molar-refractivity contribution >= 4 is 17.4 Å². The van der Waals surface area contributed by atoms with Gasteiger partial charge in [-0.3, -0.25) is 0 Å². The van der Waals surface area contributed by atoms with Crippen molar-refractivity contribution in [2.24, 2.45) is 0 Å². The Balaban J connectivity index is 1.70. The summed E-state index contributed by atoms with van der Waals surface area (Å²) in [5.41, 5.74) is 0. The first-order chi connectivity index (χ1) is 8.84. The molecule has 0 unspecified atom stereocenters. The Morgan fingerprint density at radius 3 is 3.00 bits per heavy atom. The van der Waals surface area contributed by atoms with Crippen LogP contribution in [0.1, 0.15) is 0 Å². The number of nitrogens with zero attached hydrogens (tertiary/aromatic N) is 4. The van der Waals surface area contributed by atoms with Crippen molar-refractivity contribution in [2.75, 3.05) is 19.6 Å². The first kappa shape index (κ1) is 11.2. The van der Waals surface area contributed by atoms with E-state index in [1.807, 2.05) is 21.0 Å². The van der Waals surface area contributed by atoms with Gasteiger partial charge < -0.3 is 14.8 Å². The number of amides is 2. The van der Waals surface area contributed by atoms with Crippen molar-refractivity contribution in [2.45, 2.75) is 6.54 Å². The number of aromatic nitrogens is 3. The van der Waals surface area contributed by atoms with Crippen molar-refractivity contribution < 1.29 is 4.79 Å². The molecule has 3 rings (SSSR count). The summed E-state index contributed by atoms with van der Waals surface area (Å²) in [6.07, 6.45) is 5.46. The van der Waals surface area contributed by atoms with Crippen LogP contribution in [0, 0.1) is 0 Å². The summed E-state index contributed by atoms with van der Waals surface area (Å²) in [4.78, 5) is 21.8. The fourth-order valence-corrected chi connectivity index (χ4v) is 2.62. The van der Waals surface area contributed by atoms with E-state index in [1.54, 1.807) is 23.7 Å². The van der Waals surface area contributed by atoms with Gasteiger partial charge in [-0.1, -0.05) is 0 Å². The fraction of sp³-hybridized carbons (Fsp3) is 0.364. The molecule has 0 aromatic carbocycles. The molecule has 0 atom stereocenters. The molecule has 1 N–H and O–H groups in total. The van der Waals surface area contributed by atoms with Crippen LogP contribution in [-0.4, -0.2) is 45.1 Å². The maximum absolute atomic E-state index is 11.4. The number of carbonyl (C=O) groups is 1. The number of imidazole rings is 1. The number of carbonyl (C=O) groups excluding carboxylic acids is 1. The van der Waals surface area contributed by atoms with Gasteiger partial charge in [0.2, 0.25) is 0 Å². The third kappa shape index (κ3) is 2.08. The Labute approximate surface area is 108 Å². The van der Waals surface area contributed by atoms with Crippen LogP contribution in [0.25, 0.3) is 10.8 Å². The number of rotatable bonds is 4. The van der Waals surface area contributed by atoms with Crippen molar-refractivity contribution in [3.05, 3.63) is 24.0 Å². The second kappa shape index (κ2) is 4.77. The average Bonchev–Trinajstić information content (AvgIpc) is 3.07. The Morgan fingerprint density at radius 2 is 2.28 bits per heavy atom. The van der Waals surface area contributed by atoms with Crippen LogP contribution in [0.4, 0.5) is 4.79 Å². The van der Waals surface area contributed by atoms with Crippen LogP contribution in [0.3, 0.4) is 0 Å². The van der Waals surface area contributed by atoms with E-state index in [1.165, 1.54) is 0 Å². The molecular weight excluding hydrogens is 250 g/mol. The molecule has 0 saturated carbocycles. The largest absolute Gasteiger partial charge is 0.336 e. The topological polar surface area (TPSA) is 63.1 Å². The van der Waals surface area contributed by atoms with Gasteiger partial charge in [-0.2, -0.15) is 0 Å². The van der Waals surface area contributed by atoms with Crippen molar-refractivity contribution in [1.29, 1.82) is 0 Å². The minimum absolute atomic E-state index is 0.0194. The zero-order valence-electron chi connectivity index (χ0n) is 9.74. The lowest BCUT2D eigenvalue weighted by molar-refractivity contribution is 0.215. The Hall–Kier alpha value is -1.89. The van der Waals surface area contributed by atoms with Gasteiger partial charge in [0.1, 0.15) is 0 Å². The van der Waals surface area contributed by atoms with Gasteiger partial charge in [-0.05, 0) is 0 Å². The minimum atomic E-state index is 0.0194. The van der Waals surface area contributed by atoms with Gasteiger partial charge in [0, 0.05) is 50.1 Å². The smallest absolute Gasteiger partial charge is 0.317 e. The van der Waals surface area contributed by atoms with Crippen LogP contribution in [0.2, 0.25) is 0 Å². The van der Waals surface area contributed by atoms with Crippen LogP contribution in [0.5, 0.6) is 0 Å². The van der Waals surface area contributed by atoms with Crippen molar-refractivity contribution in [1.82, 2.24) is 24.8 Å². The molecule has 2 aromatic rings. The van der Waals surface area contributed by atoms with E-state index >= 15 is 0 Å². The van der Waals surface area contributed by atoms with E-state index in [0.29, 0.717) is 6.54 Å². The number of hydrogen-bond donors (Lipinski definition) is 1. The number of urea groups is 1. The van der Waals surface area contributed by atoms with Crippen LogP contribution >= 0.6 is 11.3 Å². The number of nitrogens with one attached hydrogen (secondary N) is 1. The highest BCUT2D eigenvalue weighted by atomic mass is 32.1. The SMILES string of the molecule is O=C1NCCN1CCn1ccnc1-c1nccs1. The predicted octanol–water partition coefficient (Wildman–Crippen LogP) is 1.03. The summed E-state index contributed by atoms with van der Waals surface area (Å²) in [7, 11) is 0. The Kier molecular flexibility index (Phi) is 2.97. The van der Waals surface area contributed by atoms with Gasteiger partial charge in [0.05, 0.1) is 0 Å². The molecule has 7 heteroatoms. The van der Waals surface area contributed by atoms with E-state index in [-0.39, 0.29) is 6.03 Å². The Morgan fingerprint density at radius 1 is 1.33 bits per heavy atom. The van der Waals surface area contributed by atoms with Gasteiger partial charge in [-0.25, -0.2) is 14.8 Å². The van der Waals surface area contributed by atoms with Crippen molar-refractivity contribution in [3.8, 4) is 10.8 Å². The molecule has 0 spiro atoms. The van der Waals surface area contributed by atoms with Crippen LogP contribution < -0.4 is 5.32 Å². The maximum atomic E-state index is 11.4. The zero-order chi connectivity index (χ0) is 12.4. The van der Waals surface area contributed by atoms with E-state index < -0.39 is 0 Å². The molecule has 2 amide bonds. The molecule has 0 bridgehead atoms. The summed E-state index contributed by atoms with van der Waals surface area (Å²) in [5, 5.41) is 5.63. The lowest BCUT2D eigenvalue weighted by Crippen LogP contribution is -2.31. The zero-order valence-corrected chi connectivity index (χ0v) is 10.6. The number of hydrogen-bond acceptors (Lipinski definition) is 4. The van der Waals surface area contributed by atoms with Gasteiger partial charge in [0.25, 0.3) is 0 Å². The summed E-state index contributed by atoms with van der Waals surface area (Å²) >= 11 is 1.57. The highest BCUT2D eigenvalue weighted by Gasteiger charge is 2.19. The molecule has 6 nitrogen and oxygen atoms in total. The molecular formula is C11H13N5OS. The van der Waals surface area contributed by atoms with E-state index in [4.69, 9.17) is 0 Å². The first-order valence-electron chi connectivity index (χ1n) is 5.78. The highest BCUT2D eigenvalue weighted by Crippen LogP contribution is 2.19. The molecule has 3 heterocycles. The average molecular weight is 263 g/mol. The summed E-state index contributed by atoms with van der Waals surface area (Å²) in [6, 6.07) is 0.0194. The lowest BCUT2D eigenvalue weighted by Gasteiger charge is -2.14. The van der Waals surface area contributed by atoms with Crippen LogP contribution in [-0.2, 0) is 6.54 Å². The van der Waals surface area contributed by atoms with Crippen molar-refractivity contribution in [3.63, 3.8) is 0 Å². The molecule has 94 valence electrons. The molecule has 0 radical (unpaired) electrons. The molecule has 2 aromatic heterocycles. The maximum Gasteiger partial charge on any atom is 0.317 e. The Bertz CT molecular complexity index is 535. The second-order valence-electron chi connectivity index (χ2n) is 4.00. The van der Waals surface area contributed by atoms with E-state index in [9.17, 15) is 4.79 Å². The van der Waals surface area contributed by atoms with E-state index in [0.717, 1.165) is 30.5 Å². The third-order valence-electron chi connectivity index (χ3n) is 2.90. The van der Waals surface area contributed by atoms with Gasteiger partial charge in [0.15, 0.2) is 10.8 Å². The molecule has 18 heavy (non-hydrogen) atoms. The highest BCUT2D eigenvalue weighted by molar-refractivity contribution is 7.13. The second-order valence-corrected chi connectivity index (χ2v) is 4.90. The predicted molar refractivity (Wildman–Crippen MR) is 68.3 cm³/mol. The van der Waals surface area contributed by atoms with Crippen LogP contribution in [0.15, 0.2) is 24.0 Å². The van der Waals surface area contributed by atoms with Gasteiger partial charge in [-0.15, -0.1) is 11.3 Å².